The van der Waals surface area contributed by atoms with Crippen molar-refractivity contribution < 1.29 is 4.74 Å². The van der Waals surface area contributed by atoms with Crippen LogP contribution in [-0.2, 0) is 0 Å². The highest BCUT2D eigenvalue weighted by Gasteiger charge is 2.15. The summed E-state index contributed by atoms with van der Waals surface area (Å²) >= 11 is 3.54. The standard InChI is InChI=1S/C13H19BrN2O/c1-10-9-16(7-3-6-15-10)11-4-5-13(17-2)12(14)8-11/h4-5,8,10,15H,3,6-7,9H2,1-2H3. The minimum Gasteiger partial charge on any atom is -0.496 e. The van der Waals surface area contributed by atoms with E-state index >= 15 is 0 Å². The van der Waals surface area contributed by atoms with Gasteiger partial charge in [0.15, 0.2) is 0 Å². The van der Waals surface area contributed by atoms with Crippen LogP contribution in [0.3, 0.4) is 0 Å². The van der Waals surface area contributed by atoms with Crippen LogP contribution in [0.2, 0.25) is 0 Å². The van der Waals surface area contributed by atoms with Gasteiger partial charge in [0.1, 0.15) is 5.75 Å². The molecule has 17 heavy (non-hydrogen) atoms. The molecule has 2 rings (SSSR count). The SMILES string of the molecule is COc1ccc(N2CCCNC(C)C2)cc1Br. The predicted molar refractivity (Wildman–Crippen MR) is 75.0 cm³/mol. The molecule has 1 N–H and O–H groups in total. The Hall–Kier alpha value is -0.740. The van der Waals surface area contributed by atoms with E-state index in [-0.39, 0.29) is 0 Å². The van der Waals surface area contributed by atoms with E-state index in [1.807, 2.05) is 6.07 Å². The number of methoxy groups -OCH3 is 1. The molecule has 1 aromatic carbocycles. The minimum absolute atomic E-state index is 0.540. The lowest BCUT2D eigenvalue weighted by Crippen LogP contribution is -2.35. The van der Waals surface area contributed by atoms with Crippen LogP contribution in [0.4, 0.5) is 5.69 Å². The molecule has 1 atom stereocenters. The Morgan fingerprint density at radius 2 is 2.29 bits per heavy atom. The van der Waals surface area contributed by atoms with E-state index in [9.17, 15) is 0 Å². The molecule has 1 unspecified atom stereocenters. The normalized spacial score (nSPS) is 21.1. The second-order valence-electron chi connectivity index (χ2n) is 4.47. The van der Waals surface area contributed by atoms with Crippen LogP contribution in [0, 0.1) is 0 Å². The second-order valence-corrected chi connectivity index (χ2v) is 5.33. The van der Waals surface area contributed by atoms with Crippen molar-refractivity contribution >= 4 is 21.6 Å². The van der Waals surface area contributed by atoms with Crippen LogP contribution in [0.25, 0.3) is 0 Å². The Morgan fingerprint density at radius 3 is 3.00 bits per heavy atom. The molecule has 1 fully saturated rings. The summed E-state index contributed by atoms with van der Waals surface area (Å²) in [6.45, 7) is 5.50. The van der Waals surface area contributed by atoms with Crippen LogP contribution >= 0.6 is 15.9 Å². The maximum atomic E-state index is 5.26. The molecule has 0 spiro atoms. The van der Waals surface area contributed by atoms with Crippen molar-refractivity contribution in [1.29, 1.82) is 0 Å². The van der Waals surface area contributed by atoms with E-state index in [4.69, 9.17) is 4.74 Å². The van der Waals surface area contributed by atoms with Gasteiger partial charge in [-0.05, 0) is 54.0 Å². The molecule has 0 aliphatic carbocycles. The summed E-state index contributed by atoms with van der Waals surface area (Å²) in [5, 5.41) is 3.50. The number of anilines is 1. The molecule has 1 aliphatic rings. The first-order valence-electron chi connectivity index (χ1n) is 6.02. The molecule has 0 saturated carbocycles. The summed E-state index contributed by atoms with van der Waals surface area (Å²) < 4.78 is 6.27. The van der Waals surface area contributed by atoms with Gasteiger partial charge in [-0.2, -0.15) is 0 Å². The third-order valence-corrected chi connectivity index (χ3v) is 3.71. The van der Waals surface area contributed by atoms with Crippen molar-refractivity contribution in [3.05, 3.63) is 22.7 Å². The molecule has 1 aromatic rings. The molecule has 4 heteroatoms. The Kier molecular flexibility index (Phi) is 4.29. The van der Waals surface area contributed by atoms with Crippen molar-refractivity contribution in [1.82, 2.24) is 5.32 Å². The molecule has 3 nitrogen and oxygen atoms in total. The van der Waals surface area contributed by atoms with Crippen molar-refractivity contribution in [2.24, 2.45) is 0 Å². The summed E-state index contributed by atoms with van der Waals surface area (Å²) in [6.07, 6.45) is 1.19. The maximum absolute atomic E-state index is 5.26. The fourth-order valence-electron chi connectivity index (χ4n) is 2.19. The van der Waals surface area contributed by atoms with Gasteiger partial charge in [-0.15, -0.1) is 0 Å². The van der Waals surface area contributed by atoms with Gasteiger partial charge in [0.05, 0.1) is 11.6 Å². The molecule has 1 heterocycles. The number of benzene rings is 1. The van der Waals surface area contributed by atoms with E-state index in [1.54, 1.807) is 7.11 Å². The van der Waals surface area contributed by atoms with Gasteiger partial charge in [0.25, 0.3) is 0 Å². The van der Waals surface area contributed by atoms with E-state index < -0.39 is 0 Å². The molecule has 0 bridgehead atoms. The van der Waals surface area contributed by atoms with Gasteiger partial charge in [-0.3, -0.25) is 0 Å². The molecular formula is C13H19BrN2O. The molecule has 1 saturated heterocycles. The third-order valence-electron chi connectivity index (χ3n) is 3.09. The number of halogens is 1. The van der Waals surface area contributed by atoms with Crippen LogP contribution < -0.4 is 15.0 Å². The summed E-state index contributed by atoms with van der Waals surface area (Å²) in [7, 11) is 1.69. The highest BCUT2D eigenvalue weighted by atomic mass is 79.9. The first-order chi connectivity index (χ1) is 8.20. The van der Waals surface area contributed by atoms with Crippen molar-refractivity contribution in [3.63, 3.8) is 0 Å². The number of hydrogen-bond acceptors (Lipinski definition) is 3. The lowest BCUT2D eigenvalue weighted by molar-refractivity contribution is 0.412. The molecule has 0 radical (unpaired) electrons. The summed E-state index contributed by atoms with van der Waals surface area (Å²) in [4.78, 5) is 2.43. The summed E-state index contributed by atoms with van der Waals surface area (Å²) in [5.74, 6) is 0.884. The zero-order valence-corrected chi connectivity index (χ0v) is 12.0. The second kappa shape index (κ2) is 5.74. The van der Waals surface area contributed by atoms with Gasteiger partial charge in [-0.1, -0.05) is 0 Å². The molecule has 0 aromatic heterocycles. The predicted octanol–water partition coefficient (Wildman–Crippen LogP) is 2.65. The number of nitrogens with zero attached hydrogens (tertiary/aromatic N) is 1. The molecule has 1 aliphatic heterocycles. The van der Waals surface area contributed by atoms with Crippen LogP contribution in [0.5, 0.6) is 5.75 Å². The van der Waals surface area contributed by atoms with Crippen molar-refractivity contribution in [2.75, 3.05) is 31.6 Å². The van der Waals surface area contributed by atoms with E-state index in [0.29, 0.717) is 6.04 Å². The average molecular weight is 299 g/mol. The van der Waals surface area contributed by atoms with Gasteiger partial charge in [0.2, 0.25) is 0 Å². The van der Waals surface area contributed by atoms with E-state index in [2.05, 4.69) is 45.2 Å². The van der Waals surface area contributed by atoms with E-state index in [1.165, 1.54) is 12.1 Å². The molecule has 0 amide bonds. The highest BCUT2D eigenvalue weighted by molar-refractivity contribution is 9.10. The fourth-order valence-corrected chi connectivity index (χ4v) is 2.72. The largest absolute Gasteiger partial charge is 0.496 e. The van der Waals surface area contributed by atoms with Crippen molar-refractivity contribution in [2.45, 2.75) is 19.4 Å². The zero-order valence-electron chi connectivity index (χ0n) is 10.4. The zero-order chi connectivity index (χ0) is 12.3. The molecular weight excluding hydrogens is 280 g/mol. The van der Waals surface area contributed by atoms with Crippen molar-refractivity contribution in [3.8, 4) is 5.75 Å². The topological polar surface area (TPSA) is 24.5 Å². The van der Waals surface area contributed by atoms with E-state index in [0.717, 1.165) is 29.9 Å². The Bertz CT molecular complexity index is 384. The number of nitrogens with one attached hydrogen (secondary N) is 1. The Labute approximate surface area is 111 Å². The van der Waals surface area contributed by atoms with Gasteiger partial charge < -0.3 is 15.0 Å². The first kappa shape index (κ1) is 12.7. The Balaban J connectivity index is 2.17. The quantitative estimate of drug-likeness (QED) is 0.908. The van der Waals surface area contributed by atoms with Crippen LogP contribution in [0.15, 0.2) is 22.7 Å². The average Bonchev–Trinajstić information content (AvgIpc) is 2.54. The maximum Gasteiger partial charge on any atom is 0.133 e. The number of ether oxygens (including phenoxy) is 1. The number of hydrogen-bond donors (Lipinski definition) is 1. The fraction of sp³-hybridized carbons (Fsp3) is 0.538. The van der Waals surface area contributed by atoms with Crippen LogP contribution in [-0.4, -0.2) is 32.8 Å². The number of rotatable bonds is 2. The van der Waals surface area contributed by atoms with Gasteiger partial charge in [-0.25, -0.2) is 0 Å². The first-order valence-corrected chi connectivity index (χ1v) is 6.82. The highest BCUT2D eigenvalue weighted by Crippen LogP contribution is 2.29. The van der Waals surface area contributed by atoms with Gasteiger partial charge in [0, 0.05) is 24.8 Å². The van der Waals surface area contributed by atoms with Crippen LogP contribution in [0.1, 0.15) is 13.3 Å². The van der Waals surface area contributed by atoms with Gasteiger partial charge >= 0.3 is 0 Å². The lowest BCUT2D eigenvalue weighted by atomic mass is 10.2. The summed E-state index contributed by atoms with van der Waals surface area (Å²) in [5.41, 5.74) is 1.26. The smallest absolute Gasteiger partial charge is 0.133 e. The summed E-state index contributed by atoms with van der Waals surface area (Å²) in [6, 6.07) is 6.82. The minimum atomic E-state index is 0.540. The molecule has 94 valence electrons. The Morgan fingerprint density at radius 1 is 1.47 bits per heavy atom. The monoisotopic (exact) mass is 298 g/mol. The lowest BCUT2D eigenvalue weighted by Gasteiger charge is -2.25. The third kappa shape index (κ3) is 3.13.